The Labute approximate surface area is 119 Å². The maximum atomic E-state index is 6.53. The van der Waals surface area contributed by atoms with Gasteiger partial charge in [0.05, 0.1) is 0 Å². The van der Waals surface area contributed by atoms with E-state index in [2.05, 4.69) is 40.0 Å². The highest BCUT2D eigenvalue weighted by Crippen LogP contribution is 2.27. The Morgan fingerprint density at radius 1 is 0.824 bits per heavy atom. The molecule has 0 N–H and O–H groups in total. The number of rotatable bonds is 8. The number of alkyl halides is 2. The predicted molar refractivity (Wildman–Crippen MR) is 85.4 cm³/mol. The fourth-order valence-electron chi connectivity index (χ4n) is 2.62. The fourth-order valence-corrected chi connectivity index (χ4v) is 13.5. The van der Waals surface area contributed by atoms with Gasteiger partial charge in [0, 0.05) is 11.8 Å². The summed E-state index contributed by atoms with van der Waals surface area (Å²) in [4.78, 5) is 0. The molecule has 0 saturated heterocycles. The van der Waals surface area contributed by atoms with E-state index in [1.165, 1.54) is 0 Å². The summed E-state index contributed by atoms with van der Waals surface area (Å²) in [6.45, 7) is 13.7. The fraction of sp³-hybridized carbons (Fsp3) is 1.00. The zero-order chi connectivity index (χ0) is 13.7. The van der Waals surface area contributed by atoms with Crippen molar-refractivity contribution in [3.05, 3.63) is 0 Å². The second kappa shape index (κ2) is 7.54. The lowest BCUT2D eigenvalue weighted by Crippen LogP contribution is -2.46. The summed E-state index contributed by atoms with van der Waals surface area (Å²) >= 11 is 11.8. The highest BCUT2D eigenvalue weighted by atomic mass is 35.5. The second-order valence-electron chi connectivity index (χ2n) is 6.55. The van der Waals surface area contributed by atoms with E-state index in [9.17, 15) is 0 Å². The molecule has 0 radical (unpaired) electrons. The van der Waals surface area contributed by atoms with Crippen molar-refractivity contribution in [3.8, 4) is 0 Å². The average molecular weight is 315 g/mol. The van der Waals surface area contributed by atoms with Crippen molar-refractivity contribution in [2.75, 3.05) is 11.8 Å². The van der Waals surface area contributed by atoms with Crippen molar-refractivity contribution in [1.29, 1.82) is 0 Å². The van der Waals surface area contributed by atoms with Crippen LogP contribution in [0.5, 0.6) is 0 Å². The molecule has 2 atom stereocenters. The number of hydrogen-bond acceptors (Lipinski definition) is 1. The molecule has 17 heavy (non-hydrogen) atoms. The molecule has 0 aliphatic rings. The van der Waals surface area contributed by atoms with Gasteiger partial charge in [0.25, 0.3) is 0 Å². The van der Waals surface area contributed by atoms with Crippen molar-refractivity contribution in [1.82, 2.24) is 0 Å². The predicted octanol–water partition coefficient (Wildman–Crippen LogP) is 5.16. The Morgan fingerprint density at radius 3 is 1.35 bits per heavy atom. The molecule has 0 aromatic carbocycles. The Hall–Kier alpha value is 0.974. The van der Waals surface area contributed by atoms with Gasteiger partial charge < -0.3 is 4.12 Å². The van der Waals surface area contributed by atoms with Gasteiger partial charge in [-0.05, 0) is 50.1 Å². The van der Waals surface area contributed by atoms with E-state index in [1.54, 1.807) is 0 Å². The maximum Gasteiger partial charge on any atom is 0.173 e. The molecule has 0 fully saturated rings. The van der Waals surface area contributed by atoms with Gasteiger partial charge in [-0.1, -0.05) is 13.8 Å². The third-order valence-corrected chi connectivity index (χ3v) is 11.6. The van der Waals surface area contributed by atoms with Crippen LogP contribution in [0, 0.1) is 11.8 Å². The first kappa shape index (κ1) is 18.0. The summed E-state index contributed by atoms with van der Waals surface area (Å²) < 4.78 is 6.53. The Kier molecular flexibility index (Phi) is 7.97. The van der Waals surface area contributed by atoms with Crippen LogP contribution in [0.4, 0.5) is 0 Å². The lowest BCUT2D eigenvalue weighted by molar-refractivity contribution is 0.507. The monoisotopic (exact) mass is 314 g/mol. The zero-order valence-electron chi connectivity index (χ0n) is 12.1. The van der Waals surface area contributed by atoms with Crippen LogP contribution in [-0.2, 0) is 4.12 Å². The first-order valence-electron chi connectivity index (χ1n) is 6.44. The van der Waals surface area contributed by atoms with Crippen molar-refractivity contribution in [3.63, 3.8) is 0 Å². The van der Waals surface area contributed by atoms with E-state index in [1.807, 2.05) is 0 Å². The van der Waals surface area contributed by atoms with Crippen LogP contribution in [0.1, 0.15) is 13.8 Å². The molecule has 0 unspecified atom stereocenters. The molecule has 5 heteroatoms. The van der Waals surface area contributed by atoms with Crippen LogP contribution in [0.2, 0.25) is 38.3 Å². The van der Waals surface area contributed by atoms with E-state index in [0.29, 0.717) is 11.8 Å². The van der Waals surface area contributed by atoms with Crippen LogP contribution in [-0.4, -0.2) is 28.4 Å². The van der Waals surface area contributed by atoms with Crippen molar-refractivity contribution in [2.45, 2.75) is 52.1 Å². The molecule has 0 spiro atoms. The number of hydrogen-bond donors (Lipinski definition) is 0. The van der Waals surface area contributed by atoms with Gasteiger partial charge in [-0.15, -0.1) is 23.2 Å². The minimum absolute atomic E-state index is 0.564. The maximum absolute atomic E-state index is 6.53. The Bertz CT molecular complexity index is 201. The normalized spacial score (nSPS) is 16.9. The van der Waals surface area contributed by atoms with Gasteiger partial charge in [0.2, 0.25) is 0 Å². The van der Waals surface area contributed by atoms with E-state index in [4.69, 9.17) is 27.3 Å². The molecule has 0 rings (SSSR count). The first-order valence-corrected chi connectivity index (χ1v) is 13.7. The molecule has 0 aromatic rings. The SMILES string of the molecule is C[C@@H](CCl)C[Si](C)(C)O[Si](C)(C)C[C@@H](C)CCl. The molecule has 0 bridgehead atoms. The minimum Gasteiger partial charge on any atom is -0.455 e. The van der Waals surface area contributed by atoms with Gasteiger partial charge >= 0.3 is 0 Å². The largest absolute Gasteiger partial charge is 0.455 e. The van der Waals surface area contributed by atoms with Crippen LogP contribution in [0.3, 0.4) is 0 Å². The molecule has 0 aliphatic heterocycles. The van der Waals surface area contributed by atoms with Gasteiger partial charge in [0.1, 0.15) is 0 Å². The van der Waals surface area contributed by atoms with Gasteiger partial charge in [0.15, 0.2) is 16.6 Å². The molecule has 0 aliphatic carbocycles. The van der Waals surface area contributed by atoms with Crippen molar-refractivity contribution < 1.29 is 4.12 Å². The standard InChI is InChI=1S/C12H28Cl2OSi2/c1-11(7-13)9-16(3,4)15-17(5,6)10-12(2)8-14/h11-12H,7-10H2,1-6H3/t11-,12-/m0/s1. The average Bonchev–Trinajstić information content (AvgIpc) is 2.13. The smallest absolute Gasteiger partial charge is 0.173 e. The van der Waals surface area contributed by atoms with Crippen LogP contribution in [0.25, 0.3) is 0 Å². The molecule has 0 heterocycles. The molecular formula is C12H28Cl2OSi2. The molecule has 0 amide bonds. The van der Waals surface area contributed by atoms with Crippen molar-refractivity contribution >= 4 is 39.8 Å². The summed E-state index contributed by atoms with van der Waals surface area (Å²) in [5.41, 5.74) is 0. The van der Waals surface area contributed by atoms with E-state index < -0.39 is 16.6 Å². The summed E-state index contributed by atoms with van der Waals surface area (Å²) in [7, 11) is -3.14. The molecule has 0 aromatic heterocycles. The van der Waals surface area contributed by atoms with Gasteiger partial charge in [-0.3, -0.25) is 0 Å². The highest BCUT2D eigenvalue weighted by Gasteiger charge is 2.34. The summed E-state index contributed by atoms with van der Waals surface area (Å²) in [6, 6.07) is 2.31. The summed E-state index contributed by atoms with van der Waals surface area (Å²) in [5.74, 6) is 2.60. The lowest BCUT2D eigenvalue weighted by atomic mass is 10.3. The second-order valence-corrected chi connectivity index (χ2v) is 15.8. The topological polar surface area (TPSA) is 9.23 Å². The molecule has 1 nitrogen and oxygen atoms in total. The van der Waals surface area contributed by atoms with E-state index in [0.717, 1.165) is 23.8 Å². The van der Waals surface area contributed by atoms with Crippen LogP contribution >= 0.6 is 23.2 Å². The van der Waals surface area contributed by atoms with Crippen LogP contribution < -0.4 is 0 Å². The summed E-state index contributed by atoms with van der Waals surface area (Å²) in [6.07, 6.45) is 0. The highest BCUT2D eigenvalue weighted by molar-refractivity contribution is 6.84. The van der Waals surface area contributed by atoms with Gasteiger partial charge in [-0.25, -0.2) is 0 Å². The molecular weight excluding hydrogens is 287 g/mol. The lowest BCUT2D eigenvalue weighted by Gasteiger charge is -2.36. The zero-order valence-corrected chi connectivity index (χ0v) is 15.7. The molecule has 104 valence electrons. The third kappa shape index (κ3) is 8.65. The molecule has 0 saturated carbocycles. The Balaban J connectivity index is 4.36. The van der Waals surface area contributed by atoms with Crippen molar-refractivity contribution in [2.24, 2.45) is 11.8 Å². The minimum atomic E-state index is -1.57. The number of halogens is 2. The van der Waals surface area contributed by atoms with E-state index in [-0.39, 0.29) is 0 Å². The quantitative estimate of drug-likeness (QED) is 0.444. The first-order chi connectivity index (χ1) is 7.62. The summed E-state index contributed by atoms with van der Waals surface area (Å²) in [5, 5.41) is 0. The third-order valence-electron chi connectivity index (χ3n) is 2.76. The Morgan fingerprint density at radius 2 is 1.12 bits per heavy atom. The van der Waals surface area contributed by atoms with Crippen LogP contribution in [0.15, 0.2) is 0 Å². The van der Waals surface area contributed by atoms with Gasteiger partial charge in [-0.2, -0.15) is 0 Å². The van der Waals surface area contributed by atoms with E-state index >= 15 is 0 Å².